The molecule has 13 aromatic rings. The molecule has 12 aromatic carbocycles. The molecule has 0 bridgehead atoms. The highest BCUT2D eigenvalue weighted by Gasteiger charge is 2.52. The summed E-state index contributed by atoms with van der Waals surface area (Å²) in [4.78, 5) is 2.53. The Bertz CT molecular complexity index is 4390. The van der Waals surface area contributed by atoms with Crippen LogP contribution in [-0.4, -0.2) is 0 Å². The minimum absolute atomic E-state index is 0.118. The van der Waals surface area contributed by atoms with Gasteiger partial charge >= 0.3 is 0 Å². The quantitative estimate of drug-likeness (QED) is 0.160. The van der Waals surface area contributed by atoms with E-state index in [1.54, 1.807) is 0 Å². The van der Waals surface area contributed by atoms with Crippen LogP contribution in [0.4, 0.5) is 17.1 Å². The zero-order chi connectivity index (χ0) is 50.0. The summed E-state index contributed by atoms with van der Waals surface area (Å²) in [5.41, 5.74) is 22.2. The highest BCUT2D eigenvalue weighted by Crippen LogP contribution is 2.64. The molecule has 1 heterocycles. The van der Waals surface area contributed by atoms with Crippen molar-refractivity contribution >= 4 is 70.1 Å². The summed E-state index contributed by atoms with van der Waals surface area (Å²) >= 11 is 1.89. The summed E-state index contributed by atoms with van der Waals surface area (Å²) < 4.78 is 2.60. The molecule has 1 nitrogen and oxygen atoms in total. The van der Waals surface area contributed by atoms with Crippen LogP contribution in [0.5, 0.6) is 0 Å². The Kier molecular flexibility index (Phi) is 9.68. The van der Waals surface area contributed by atoms with Crippen molar-refractivity contribution in [3.8, 4) is 55.6 Å². The van der Waals surface area contributed by atoms with Gasteiger partial charge < -0.3 is 4.90 Å². The number of fused-ring (bicyclic) bond motifs is 15. The second-order valence-electron chi connectivity index (χ2n) is 21.6. The Hall–Kier alpha value is -8.82. The minimum Gasteiger partial charge on any atom is -0.310 e. The van der Waals surface area contributed by atoms with Crippen molar-refractivity contribution in [2.75, 3.05) is 4.90 Å². The first-order chi connectivity index (χ1) is 36.8. The normalized spacial score (nSPS) is 13.1. The topological polar surface area (TPSA) is 3.24 Å². The van der Waals surface area contributed by atoms with Gasteiger partial charge in [0.1, 0.15) is 0 Å². The molecule has 15 rings (SSSR count). The molecule has 0 saturated carbocycles. The molecule has 354 valence electrons. The average molecular weight is 974 g/mol. The van der Waals surface area contributed by atoms with E-state index >= 15 is 0 Å². The lowest BCUT2D eigenvalue weighted by Gasteiger charge is -2.32. The number of nitrogens with zero attached hydrogens (tertiary/aromatic N) is 1. The Balaban J connectivity index is 0.951. The smallest absolute Gasteiger partial charge is 0.0725 e. The summed E-state index contributed by atoms with van der Waals surface area (Å²) in [7, 11) is 0. The molecular formula is C73H51NS. The molecule has 0 aliphatic heterocycles. The van der Waals surface area contributed by atoms with Gasteiger partial charge in [-0.2, -0.15) is 0 Å². The lowest BCUT2D eigenvalue weighted by molar-refractivity contribution is 0.590. The molecule has 2 heteroatoms. The van der Waals surface area contributed by atoms with Gasteiger partial charge in [0.25, 0.3) is 0 Å². The molecule has 0 N–H and O–H groups in total. The van der Waals surface area contributed by atoms with E-state index in [2.05, 4.69) is 280 Å². The van der Waals surface area contributed by atoms with Gasteiger partial charge in [0.05, 0.1) is 11.1 Å². The largest absolute Gasteiger partial charge is 0.310 e. The molecule has 0 amide bonds. The zero-order valence-electron chi connectivity index (χ0n) is 42.1. The summed E-state index contributed by atoms with van der Waals surface area (Å²) in [6.45, 7) is 6.81. The van der Waals surface area contributed by atoms with Crippen molar-refractivity contribution in [1.29, 1.82) is 0 Å². The van der Waals surface area contributed by atoms with Gasteiger partial charge in [-0.1, -0.05) is 227 Å². The SMILES string of the molecule is CC(C)(C)c1ccc(-c2ccc(-c3ccc(N(c4ccc5c(c4)-c4cc6ccccc6cc4C54c5ccccc5-c5ccccc54)c4ccc5ccccc5c4-c4cccc5c4sc4ccccc45)cc3)cc2)cc1. The van der Waals surface area contributed by atoms with Gasteiger partial charge in [0.15, 0.2) is 0 Å². The first kappa shape index (κ1) is 43.7. The molecule has 1 aromatic heterocycles. The number of anilines is 3. The number of hydrogen-bond donors (Lipinski definition) is 0. The maximum atomic E-state index is 2.53. The molecule has 0 radical (unpaired) electrons. The van der Waals surface area contributed by atoms with E-state index in [9.17, 15) is 0 Å². The fourth-order valence-corrected chi connectivity index (χ4v) is 14.1. The highest BCUT2D eigenvalue weighted by atomic mass is 32.1. The molecule has 0 fully saturated rings. The van der Waals surface area contributed by atoms with Crippen LogP contribution >= 0.6 is 11.3 Å². The van der Waals surface area contributed by atoms with Gasteiger partial charge in [-0.15, -0.1) is 11.3 Å². The van der Waals surface area contributed by atoms with Gasteiger partial charge in [-0.3, -0.25) is 0 Å². The summed E-state index contributed by atoms with van der Waals surface area (Å²) in [5.74, 6) is 0. The third kappa shape index (κ3) is 6.62. The van der Waals surface area contributed by atoms with Crippen molar-refractivity contribution in [3.63, 3.8) is 0 Å². The first-order valence-electron chi connectivity index (χ1n) is 26.2. The number of thiophene rings is 1. The molecule has 0 saturated heterocycles. The molecule has 2 aliphatic carbocycles. The molecule has 0 unspecified atom stereocenters. The van der Waals surface area contributed by atoms with Crippen molar-refractivity contribution in [1.82, 2.24) is 0 Å². The van der Waals surface area contributed by atoms with Crippen LogP contribution in [0, 0.1) is 0 Å². The van der Waals surface area contributed by atoms with E-state index in [-0.39, 0.29) is 5.41 Å². The molecule has 75 heavy (non-hydrogen) atoms. The van der Waals surface area contributed by atoms with E-state index in [1.165, 1.54) is 125 Å². The first-order valence-corrected chi connectivity index (χ1v) is 27.0. The maximum absolute atomic E-state index is 2.53. The predicted octanol–water partition coefficient (Wildman–Crippen LogP) is 20.5. The van der Waals surface area contributed by atoms with Crippen molar-refractivity contribution in [3.05, 3.63) is 283 Å². The van der Waals surface area contributed by atoms with Crippen molar-refractivity contribution in [2.24, 2.45) is 0 Å². The molecule has 1 spiro atoms. The lowest BCUT2D eigenvalue weighted by Crippen LogP contribution is -2.25. The van der Waals surface area contributed by atoms with Gasteiger partial charge in [-0.25, -0.2) is 0 Å². The van der Waals surface area contributed by atoms with Crippen LogP contribution < -0.4 is 4.90 Å². The Morgan fingerprint density at radius 1 is 0.347 bits per heavy atom. The van der Waals surface area contributed by atoms with Gasteiger partial charge in [0, 0.05) is 42.7 Å². The summed E-state index contributed by atoms with van der Waals surface area (Å²) in [6.07, 6.45) is 0. The van der Waals surface area contributed by atoms with E-state index in [4.69, 9.17) is 0 Å². The van der Waals surface area contributed by atoms with Crippen LogP contribution in [0.3, 0.4) is 0 Å². The average Bonchev–Trinajstić information content (AvgIpc) is 4.28. The van der Waals surface area contributed by atoms with Crippen LogP contribution in [-0.2, 0) is 10.8 Å². The molecule has 0 atom stereocenters. The van der Waals surface area contributed by atoms with E-state index in [0.717, 1.165) is 17.1 Å². The number of hydrogen-bond acceptors (Lipinski definition) is 2. The standard InChI is InChI=1S/C73H51NS/c1-72(2,3)53-36-31-48(32-37-53)46-27-29-47(30-28-46)49-33-38-54(39-34-49)74(68-42-35-50-15-6-7-18-56(50)70(68)61-23-14-22-60-59-21-10-13-26-69(59)75-71(60)61)55-40-41-66-63(45-55)62-43-51-16-4-5-17-52(51)44-67(62)73(66)64-24-11-8-19-57(64)58-20-9-12-25-65(58)73/h4-45H,1-3H3. The fourth-order valence-electron chi connectivity index (χ4n) is 12.9. The summed E-state index contributed by atoms with van der Waals surface area (Å²) in [6, 6.07) is 96.1. The second kappa shape index (κ2) is 16.6. The molecular weight excluding hydrogens is 923 g/mol. The number of rotatable bonds is 6. The maximum Gasteiger partial charge on any atom is 0.0725 e. The zero-order valence-corrected chi connectivity index (χ0v) is 42.9. The van der Waals surface area contributed by atoms with Crippen LogP contribution in [0.15, 0.2) is 255 Å². The summed E-state index contributed by atoms with van der Waals surface area (Å²) in [5, 5.41) is 7.54. The fraction of sp³-hybridized carbons (Fsp3) is 0.0685. The van der Waals surface area contributed by atoms with Crippen LogP contribution in [0.2, 0.25) is 0 Å². The van der Waals surface area contributed by atoms with E-state index < -0.39 is 5.41 Å². The van der Waals surface area contributed by atoms with Gasteiger partial charge in [-0.05, 0) is 148 Å². The third-order valence-corrected chi connectivity index (χ3v) is 17.7. The van der Waals surface area contributed by atoms with Crippen molar-refractivity contribution < 1.29 is 0 Å². The van der Waals surface area contributed by atoms with Gasteiger partial charge in [0.2, 0.25) is 0 Å². The van der Waals surface area contributed by atoms with Crippen LogP contribution in [0.1, 0.15) is 48.6 Å². The highest BCUT2D eigenvalue weighted by molar-refractivity contribution is 7.26. The second-order valence-corrected chi connectivity index (χ2v) is 22.6. The Morgan fingerprint density at radius 2 is 0.853 bits per heavy atom. The van der Waals surface area contributed by atoms with E-state index in [0.29, 0.717) is 0 Å². The predicted molar refractivity (Wildman–Crippen MR) is 320 cm³/mol. The van der Waals surface area contributed by atoms with Crippen molar-refractivity contribution in [2.45, 2.75) is 31.6 Å². The molecule has 2 aliphatic rings. The van der Waals surface area contributed by atoms with E-state index in [1.807, 2.05) is 11.3 Å². The lowest BCUT2D eigenvalue weighted by atomic mass is 9.70. The minimum atomic E-state index is -0.469. The Morgan fingerprint density at radius 3 is 1.53 bits per heavy atom. The monoisotopic (exact) mass is 973 g/mol. The van der Waals surface area contributed by atoms with Crippen LogP contribution in [0.25, 0.3) is 97.4 Å². The Labute approximate surface area is 442 Å². The number of benzene rings is 12. The third-order valence-electron chi connectivity index (χ3n) is 16.4.